The van der Waals surface area contributed by atoms with Crippen LogP contribution in [-0.2, 0) is 6.54 Å². The number of nitrogens with zero attached hydrogens (tertiary/aromatic N) is 3. The zero-order chi connectivity index (χ0) is 13.8. The van der Waals surface area contributed by atoms with Crippen molar-refractivity contribution in [2.45, 2.75) is 13.5 Å². The molecule has 0 bridgehead atoms. The second kappa shape index (κ2) is 5.34. The molecular formula is C11H13N5O3. The van der Waals surface area contributed by atoms with Gasteiger partial charge in [-0.25, -0.2) is 9.97 Å². The van der Waals surface area contributed by atoms with Crippen LogP contribution in [0.15, 0.2) is 22.7 Å². The van der Waals surface area contributed by atoms with Crippen LogP contribution in [0.1, 0.15) is 11.7 Å². The molecule has 8 nitrogen and oxygen atoms in total. The smallest absolute Gasteiger partial charge is 0.311 e. The van der Waals surface area contributed by atoms with E-state index in [1.165, 1.54) is 6.07 Å². The van der Waals surface area contributed by atoms with Crippen LogP contribution in [0, 0.1) is 17.0 Å². The van der Waals surface area contributed by atoms with E-state index >= 15 is 0 Å². The summed E-state index contributed by atoms with van der Waals surface area (Å²) in [6.07, 6.45) is 1.59. The summed E-state index contributed by atoms with van der Waals surface area (Å²) in [5.41, 5.74) is -0.0951. The monoisotopic (exact) mass is 263 g/mol. The molecule has 2 N–H and O–H groups in total. The highest BCUT2D eigenvalue weighted by molar-refractivity contribution is 5.60. The number of hydrogen-bond acceptors (Lipinski definition) is 7. The van der Waals surface area contributed by atoms with Crippen LogP contribution in [0.2, 0.25) is 0 Å². The minimum Gasteiger partial charge on any atom is -0.444 e. The van der Waals surface area contributed by atoms with Gasteiger partial charge >= 0.3 is 5.69 Å². The summed E-state index contributed by atoms with van der Waals surface area (Å²) >= 11 is 0. The van der Waals surface area contributed by atoms with Gasteiger partial charge in [0.2, 0.25) is 11.7 Å². The number of anilines is 2. The van der Waals surface area contributed by atoms with Gasteiger partial charge in [-0.2, -0.15) is 0 Å². The standard InChI is InChI=1S/C11H13N5O3/c1-7-5-13-10(19-7)6-14-11-8(16(17)18)3-4-9(12-2)15-11/h3-5H,6H2,1-2H3,(H2,12,14,15). The molecule has 19 heavy (non-hydrogen) atoms. The highest BCUT2D eigenvalue weighted by atomic mass is 16.6. The number of rotatable bonds is 5. The third-order valence-electron chi connectivity index (χ3n) is 2.40. The van der Waals surface area contributed by atoms with Crippen molar-refractivity contribution >= 4 is 17.3 Å². The molecular weight excluding hydrogens is 250 g/mol. The number of oxazole rings is 1. The summed E-state index contributed by atoms with van der Waals surface area (Å²) in [5, 5.41) is 16.6. The van der Waals surface area contributed by atoms with E-state index in [0.717, 1.165) is 0 Å². The fourth-order valence-electron chi connectivity index (χ4n) is 1.51. The van der Waals surface area contributed by atoms with Crippen molar-refractivity contribution in [1.82, 2.24) is 9.97 Å². The van der Waals surface area contributed by atoms with Crippen LogP contribution in [0.4, 0.5) is 17.3 Å². The first-order valence-electron chi connectivity index (χ1n) is 5.58. The Labute approximate surface area is 109 Å². The van der Waals surface area contributed by atoms with Gasteiger partial charge in [-0.3, -0.25) is 10.1 Å². The molecule has 100 valence electrons. The predicted octanol–water partition coefficient (Wildman–Crippen LogP) is 1.94. The molecule has 0 unspecified atom stereocenters. The van der Waals surface area contributed by atoms with E-state index in [9.17, 15) is 10.1 Å². The van der Waals surface area contributed by atoms with E-state index in [1.807, 2.05) is 0 Å². The minimum absolute atomic E-state index is 0.0951. The molecule has 2 heterocycles. The lowest BCUT2D eigenvalue weighted by atomic mass is 10.3. The molecule has 0 aliphatic heterocycles. The topological polar surface area (TPSA) is 106 Å². The molecule has 0 atom stereocenters. The average Bonchev–Trinajstić information content (AvgIpc) is 2.81. The second-order valence-electron chi connectivity index (χ2n) is 3.79. The summed E-state index contributed by atoms with van der Waals surface area (Å²) in [7, 11) is 1.69. The van der Waals surface area contributed by atoms with E-state index in [2.05, 4.69) is 20.6 Å². The van der Waals surface area contributed by atoms with Crippen LogP contribution in [0.5, 0.6) is 0 Å². The van der Waals surface area contributed by atoms with Crippen LogP contribution in [0.25, 0.3) is 0 Å². The summed E-state index contributed by atoms with van der Waals surface area (Å²) in [6, 6.07) is 2.93. The van der Waals surface area contributed by atoms with Crippen molar-refractivity contribution in [3.63, 3.8) is 0 Å². The van der Waals surface area contributed by atoms with E-state index in [-0.39, 0.29) is 18.1 Å². The molecule has 0 amide bonds. The summed E-state index contributed by atoms with van der Waals surface area (Å²) in [4.78, 5) is 18.5. The lowest BCUT2D eigenvalue weighted by Crippen LogP contribution is -2.06. The Morgan fingerprint density at radius 1 is 1.47 bits per heavy atom. The van der Waals surface area contributed by atoms with Crippen LogP contribution >= 0.6 is 0 Å². The molecule has 2 rings (SSSR count). The van der Waals surface area contributed by atoms with Gasteiger partial charge in [0.05, 0.1) is 17.7 Å². The third-order valence-corrected chi connectivity index (χ3v) is 2.40. The van der Waals surface area contributed by atoms with E-state index in [0.29, 0.717) is 17.5 Å². The van der Waals surface area contributed by atoms with Gasteiger partial charge in [-0.05, 0) is 13.0 Å². The Morgan fingerprint density at radius 2 is 2.26 bits per heavy atom. The van der Waals surface area contributed by atoms with Gasteiger partial charge in [0.1, 0.15) is 11.6 Å². The Hall–Kier alpha value is -2.64. The predicted molar refractivity (Wildman–Crippen MR) is 69.0 cm³/mol. The molecule has 0 saturated carbocycles. The largest absolute Gasteiger partial charge is 0.444 e. The first-order valence-corrected chi connectivity index (χ1v) is 5.58. The number of hydrogen-bond donors (Lipinski definition) is 2. The van der Waals surface area contributed by atoms with Gasteiger partial charge in [0.25, 0.3) is 0 Å². The molecule has 0 spiro atoms. The fraction of sp³-hybridized carbons (Fsp3) is 0.273. The average molecular weight is 263 g/mol. The van der Waals surface area contributed by atoms with Gasteiger partial charge in [-0.15, -0.1) is 0 Å². The Balaban J connectivity index is 2.19. The van der Waals surface area contributed by atoms with Crippen LogP contribution in [0.3, 0.4) is 0 Å². The summed E-state index contributed by atoms with van der Waals surface area (Å²) in [6.45, 7) is 2.01. The van der Waals surface area contributed by atoms with Gasteiger partial charge < -0.3 is 15.1 Å². The van der Waals surface area contributed by atoms with Crippen LogP contribution in [-0.4, -0.2) is 21.9 Å². The van der Waals surface area contributed by atoms with E-state index in [1.54, 1.807) is 26.2 Å². The molecule has 2 aromatic heterocycles. The van der Waals surface area contributed by atoms with Crippen molar-refractivity contribution in [2.75, 3.05) is 17.7 Å². The van der Waals surface area contributed by atoms with Crippen molar-refractivity contribution in [3.8, 4) is 0 Å². The lowest BCUT2D eigenvalue weighted by Gasteiger charge is -2.06. The van der Waals surface area contributed by atoms with Crippen molar-refractivity contribution in [3.05, 3.63) is 40.1 Å². The van der Waals surface area contributed by atoms with Gasteiger partial charge in [-0.1, -0.05) is 0 Å². The highest BCUT2D eigenvalue weighted by Crippen LogP contribution is 2.24. The van der Waals surface area contributed by atoms with E-state index < -0.39 is 4.92 Å². The first kappa shape index (κ1) is 12.8. The maximum atomic E-state index is 10.9. The first-order chi connectivity index (χ1) is 9.10. The molecule has 0 aliphatic rings. The molecule has 0 radical (unpaired) electrons. The molecule has 2 aromatic rings. The SMILES string of the molecule is CNc1ccc([N+](=O)[O-])c(NCc2ncc(C)o2)n1. The Morgan fingerprint density at radius 3 is 2.84 bits per heavy atom. The fourth-order valence-corrected chi connectivity index (χ4v) is 1.51. The summed E-state index contributed by atoms with van der Waals surface area (Å²) < 4.78 is 5.28. The number of pyridine rings is 1. The van der Waals surface area contributed by atoms with Crippen molar-refractivity contribution in [2.24, 2.45) is 0 Å². The number of aromatic nitrogens is 2. The molecule has 0 aliphatic carbocycles. The van der Waals surface area contributed by atoms with Crippen molar-refractivity contribution < 1.29 is 9.34 Å². The minimum atomic E-state index is -0.490. The van der Waals surface area contributed by atoms with Gasteiger partial charge in [0, 0.05) is 13.1 Å². The second-order valence-corrected chi connectivity index (χ2v) is 3.79. The number of nitro groups is 1. The Kier molecular flexibility index (Phi) is 3.60. The quantitative estimate of drug-likeness (QED) is 0.627. The Bertz CT molecular complexity index is 596. The van der Waals surface area contributed by atoms with E-state index in [4.69, 9.17) is 4.42 Å². The summed E-state index contributed by atoms with van der Waals surface area (Å²) in [5.74, 6) is 1.84. The maximum absolute atomic E-state index is 10.9. The third kappa shape index (κ3) is 2.97. The molecule has 0 saturated heterocycles. The number of aryl methyl sites for hydroxylation is 1. The number of nitrogens with one attached hydrogen (secondary N) is 2. The van der Waals surface area contributed by atoms with Crippen LogP contribution < -0.4 is 10.6 Å². The molecule has 0 fully saturated rings. The van der Waals surface area contributed by atoms with Crippen molar-refractivity contribution in [1.29, 1.82) is 0 Å². The lowest BCUT2D eigenvalue weighted by molar-refractivity contribution is -0.384. The molecule has 8 heteroatoms. The highest BCUT2D eigenvalue weighted by Gasteiger charge is 2.16. The zero-order valence-electron chi connectivity index (χ0n) is 10.5. The van der Waals surface area contributed by atoms with Gasteiger partial charge in [0.15, 0.2) is 0 Å². The molecule has 0 aromatic carbocycles. The normalized spacial score (nSPS) is 10.2. The maximum Gasteiger partial charge on any atom is 0.311 e. The zero-order valence-corrected chi connectivity index (χ0v) is 10.5.